The highest BCUT2D eigenvalue weighted by molar-refractivity contribution is 6.33. The number of nitrogens with one attached hydrogen (secondary N) is 1. The molecular weight excluding hydrogens is 268 g/mol. The highest BCUT2D eigenvalue weighted by atomic mass is 35.5. The number of pyridine rings is 1. The summed E-state index contributed by atoms with van der Waals surface area (Å²) in [4.78, 5) is 14.2. The van der Waals surface area contributed by atoms with Gasteiger partial charge in [0.25, 0.3) is 5.69 Å². The Kier molecular flexibility index (Phi) is 4.21. The molecule has 1 fully saturated rings. The standard InChI is InChI=1S/C12H17ClN4O2/c1-8-4-3-5-9(2)16(8)15-12-11(13)6-10(7-14-12)17(18)19/h6-9H,3-5H2,1-2H3,(H,14,15). The number of nitrogens with zero attached hydrogens (tertiary/aromatic N) is 3. The first-order chi connectivity index (χ1) is 8.99. The van der Waals surface area contributed by atoms with E-state index in [9.17, 15) is 10.1 Å². The number of nitro groups is 1. The van der Waals surface area contributed by atoms with Crippen LogP contribution in [0.2, 0.25) is 5.02 Å². The van der Waals surface area contributed by atoms with Crippen molar-refractivity contribution >= 4 is 23.1 Å². The SMILES string of the molecule is CC1CCCC(C)N1Nc1ncc([N+](=O)[O-])cc1Cl. The third-order valence-electron chi connectivity index (χ3n) is 3.47. The van der Waals surface area contributed by atoms with Gasteiger partial charge in [-0.15, -0.1) is 0 Å². The number of aromatic nitrogens is 1. The van der Waals surface area contributed by atoms with Gasteiger partial charge in [-0.1, -0.05) is 18.0 Å². The highest BCUT2D eigenvalue weighted by Crippen LogP contribution is 2.28. The second-order valence-corrected chi connectivity index (χ2v) is 5.34. The van der Waals surface area contributed by atoms with Crippen molar-refractivity contribution in [3.63, 3.8) is 0 Å². The van der Waals surface area contributed by atoms with Gasteiger partial charge in [0.2, 0.25) is 0 Å². The molecule has 2 heterocycles. The third-order valence-corrected chi connectivity index (χ3v) is 3.75. The fourth-order valence-electron chi connectivity index (χ4n) is 2.37. The van der Waals surface area contributed by atoms with Crippen molar-refractivity contribution < 1.29 is 4.92 Å². The van der Waals surface area contributed by atoms with E-state index in [1.807, 2.05) is 0 Å². The van der Waals surface area contributed by atoms with Gasteiger partial charge in [-0.3, -0.25) is 10.1 Å². The maximum atomic E-state index is 10.6. The third kappa shape index (κ3) is 3.13. The van der Waals surface area contributed by atoms with Crippen LogP contribution in [-0.2, 0) is 0 Å². The molecule has 2 atom stereocenters. The van der Waals surface area contributed by atoms with E-state index in [2.05, 4.69) is 29.3 Å². The van der Waals surface area contributed by atoms with Gasteiger partial charge in [-0.25, -0.2) is 9.99 Å². The van der Waals surface area contributed by atoms with Gasteiger partial charge in [0, 0.05) is 18.2 Å². The number of hydrogen-bond donors (Lipinski definition) is 1. The van der Waals surface area contributed by atoms with E-state index >= 15 is 0 Å². The maximum absolute atomic E-state index is 10.6. The molecule has 7 heteroatoms. The van der Waals surface area contributed by atoms with Crippen molar-refractivity contribution in [2.45, 2.75) is 45.2 Å². The van der Waals surface area contributed by atoms with Crippen molar-refractivity contribution in [2.24, 2.45) is 0 Å². The van der Waals surface area contributed by atoms with E-state index in [1.54, 1.807) is 0 Å². The lowest BCUT2D eigenvalue weighted by Crippen LogP contribution is -2.47. The number of hydrogen-bond acceptors (Lipinski definition) is 5. The Morgan fingerprint density at radius 3 is 2.63 bits per heavy atom. The van der Waals surface area contributed by atoms with E-state index in [-0.39, 0.29) is 10.7 Å². The monoisotopic (exact) mass is 284 g/mol. The van der Waals surface area contributed by atoms with Crippen molar-refractivity contribution in [1.29, 1.82) is 0 Å². The second kappa shape index (κ2) is 5.71. The summed E-state index contributed by atoms with van der Waals surface area (Å²) in [6, 6.07) is 2.09. The van der Waals surface area contributed by atoms with Gasteiger partial charge in [0.1, 0.15) is 6.20 Å². The molecule has 6 nitrogen and oxygen atoms in total. The molecule has 0 aliphatic carbocycles. The molecule has 2 unspecified atom stereocenters. The summed E-state index contributed by atoms with van der Waals surface area (Å²) < 4.78 is 0. The van der Waals surface area contributed by atoms with Crippen LogP contribution in [0.1, 0.15) is 33.1 Å². The lowest BCUT2D eigenvalue weighted by atomic mass is 10.00. The quantitative estimate of drug-likeness (QED) is 0.681. The van der Waals surface area contributed by atoms with E-state index in [1.165, 1.54) is 18.7 Å². The van der Waals surface area contributed by atoms with Crippen LogP contribution in [0.5, 0.6) is 0 Å². The first kappa shape index (κ1) is 14.0. The normalized spacial score (nSPS) is 24.2. The fraction of sp³-hybridized carbons (Fsp3) is 0.583. The predicted octanol–water partition coefficient (Wildman–Crippen LogP) is 3.23. The van der Waals surface area contributed by atoms with Gasteiger partial charge < -0.3 is 5.43 Å². The summed E-state index contributed by atoms with van der Waals surface area (Å²) in [6.45, 7) is 4.28. The smallest absolute Gasteiger partial charge is 0.289 e. The molecule has 1 aromatic heterocycles. The number of halogens is 1. The minimum Gasteiger partial charge on any atom is -0.301 e. The molecule has 1 N–H and O–H groups in total. The lowest BCUT2D eigenvalue weighted by Gasteiger charge is -2.39. The zero-order chi connectivity index (χ0) is 14.0. The minimum absolute atomic E-state index is 0.102. The van der Waals surface area contributed by atoms with Crippen LogP contribution in [0, 0.1) is 10.1 Å². The molecule has 0 bridgehead atoms. The van der Waals surface area contributed by atoms with Crippen LogP contribution in [0.15, 0.2) is 12.3 Å². The molecule has 104 valence electrons. The molecule has 0 saturated carbocycles. The average Bonchev–Trinajstić information content (AvgIpc) is 2.35. The van der Waals surface area contributed by atoms with Crippen LogP contribution in [0.3, 0.4) is 0 Å². The zero-order valence-corrected chi connectivity index (χ0v) is 11.7. The number of rotatable bonds is 3. The molecule has 0 spiro atoms. The van der Waals surface area contributed by atoms with Gasteiger partial charge >= 0.3 is 0 Å². The Bertz CT molecular complexity index is 473. The number of hydrazine groups is 1. The average molecular weight is 285 g/mol. The second-order valence-electron chi connectivity index (χ2n) is 4.93. The Labute approximate surface area is 116 Å². The molecule has 1 aliphatic heterocycles. The summed E-state index contributed by atoms with van der Waals surface area (Å²) in [5.41, 5.74) is 3.08. The molecule has 19 heavy (non-hydrogen) atoms. The van der Waals surface area contributed by atoms with Gasteiger partial charge in [0.15, 0.2) is 5.82 Å². The van der Waals surface area contributed by atoms with Crippen molar-refractivity contribution in [3.05, 3.63) is 27.4 Å². The summed E-state index contributed by atoms with van der Waals surface area (Å²) >= 11 is 6.03. The van der Waals surface area contributed by atoms with Crippen LogP contribution in [-0.4, -0.2) is 27.0 Å². The number of anilines is 1. The predicted molar refractivity (Wildman–Crippen MR) is 74.1 cm³/mol. The van der Waals surface area contributed by atoms with Gasteiger partial charge in [-0.05, 0) is 26.7 Å². The summed E-state index contributed by atoms with van der Waals surface area (Å²) in [5, 5.41) is 13.0. The Morgan fingerprint density at radius 1 is 1.47 bits per heavy atom. The maximum Gasteiger partial charge on any atom is 0.289 e. The van der Waals surface area contributed by atoms with E-state index in [0.29, 0.717) is 17.9 Å². The highest BCUT2D eigenvalue weighted by Gasteiger charge is 2.25. The van der Waals surface area contributed by atoms with E-state index in [0.717, 1.165) is 12.8 Å². The van der Waals surface area contributed by atoms with E-state index < -0.39 is 4.92 Å². The molecule has 1 aromatic rings. The van der Waals surface area contributed by atoms with Gasteiger partial charge in [-0.2, -0.15) is 0 Å². The zero-order valence-electron chi connectivity index (χ0n) is 11.0. The Hall–Kier alpha value is -1.40. The first-order valence-corrected chi connectivity index (χ1v) is 6.71. The number of piperidine rings is 1. The van der Waals surface area contributed by atoms with Crippen molar-refractivity contribution in [3.8, 4) is 0 Å². The molecule has 2 rings (SSSR count). The van der Waals surface area contributed by atoms with E-state index in [4.69, 9.17) is 11.6 Å². The summed E-state index contributed by atoms with van der Waals surface area (Å²) in [5.74, 6) is 0.466. The minimum atomic E-state index is -0.505. The summed E-state index contributed by atoms with van der Waals surface area (Å²) in [6.07, 6.45) is 4.65. The Morgan fingerprint density at radius 2 is 2.11 bits per heavy atom. The van der Waals surface area contributed by atoms with Crippen LogP contribution >= 0.6 is 11.6 Å². The summed E-state index contributed by atoms with van der Waals surface area (Å²) in [7, 11) is 0. The molecular formula is C12H17ClN4O2. The fourth-order valence-corrected chi connectivity index (χ4v) is 2.58. The van der Waals surface area contributed by atoms with Crippen LogP contribution in [0.4, 0.5) is 11.5 Å². The van der Waals surface area contributed by atoms with Crippen molar-refractivity contribution in [1.82, 2.24) is 9.99 Å². The van der Waals surface area contributed by atoms with Gasteiger partial charge in [0.05, 0.1) is 9.95 Å². The topological polar surface area (TPSA) is 71.3 Å². The lowest BCUT2D eigenvalue weighted by molar-refractivity contribution is -0.385. The first-order valence-electron chi connectivity index (χ1n) is 6.34. The molecule has 1 saturated heterocycles. The van der Waals surface area contributed by atoms with Crippen LogP contribution in [0.25, 0.3) is 0 Å². The van der Waals surface area contributed by atoms with Crippen LogP contribution < -0.4 is 5.43 Å². The molecule has 1 aliphatic rings. The molecule has 0 amide bonds. The molecule has 0 radical (unpaired) electrons. The van der Waals surface area contributed by atoms with Crippen molar-refractivity contribution in [2.75, 3.05) is 5.43 Å². The molecule has 0 aromatic carbocycles. The largest absolute Gasteiger partial charge is 0.301 e. The Balaban J connectivity index is 2.16.